The number of anilines is 1. The summed E-state index contributed by atoms with van der Waals surface area (Å²) in [6.45, 7) is 8.49. The van der Waals surface area contributed by atoms with Crippen LogP contribution < -0.4 is 10.2 Å². The predicted molar refractivity (Wildman–Crippen MR) is 83.5 cm³/mol. The van der Waals surface area contributed by atoms with Crippen molar-refractivity contribution in [1.82, 2.24) is 5.32 Å². The average molecular weight is 296 g/mol. The Bertz CT molecular complexity index is 418. The molecular formula is C15H24N2O2S. The molecule has 1 aromatic heterocycles. The first-order valence-electron chi connectivity index (χ1n) is 7.18. The summed E-state index contributed by atoms with van der Waals surface area (Å²) in [5.74, 6) is 0.553. The molecule has 0 bridgehead atoms. The smallest absolute Gasteiger partial charge is 0.407 e. The normalized spacial score (nSPS) is 17.1. The molecule has 0 saturated carbocycles. The molecule has 0 aliphatic carbocycles. The highest BCUT2D eigenvalue weighted by molar-refractivity contribution is 7.08. The van der Waals surface area contributed by atoms with Crippen molar-refractivity contribution >= 4 is 23.1 Å². The molecule has 0 atom stereocenters. The van der Waals surface area contributed by atoms with Gasteiger partial charge in [-0.1, -0.05) is 0 Å². The summed E-state index contributed by atoms with van der Waals surface area (Å²) in [5, 5.41) is 7.19. The van der Waals surface area contributed by atoms with E-state index in [-0.39, 0.29) is 6.09 Å². The Balaban J connectivity index is 1.68. The molecule has 0 aromatic carbocycles. The Kier molecular flexibility index (Phi) is 4.91. The van der Waals surface area contributed by atoms with Crippen LogP contribution in [0.2, 0.25) is 0 Å². The first kappa shape index (κ1) is 15.2. The minimum Gasteiger partial charge on any atom is -0.444 e. The quantitative estimate of drug-likeness (QED) is 0.928. The number of ether oxygens (including phenoxy) is 1. The molecule has 1 amide bonds. The van der Waals surface area contributed by atoms with Crippen LogP contribution in [0.1, 0.15) is 33.6 Å². The van der Waals surface area contributed by atoms with E-state index in [0.717, 1.165) is 25.9 Å². The lowest BCUT2D eigenvalue weighted by molar-refractivity contribution is 0.0517. The molecule has 1 N–H and O–H groups in total. The van der Waals surface area contributed by atoms with Crippen molar-refractivity contribution < 1.29 is 9.53 Å². The third-order valence-electron chi connectivity index (χ3n) is 3.42. The fourth-order valence-electron chi connectivity index (χ4n) is 2.37. The van der Waals surface area contributed by atoms with Crippen molar-refractivity contribution in [2.45, 2.75) is 39.2 Å². The van der Waals surface area contributed by atoms with Gasteiger partial charge in [0.25, 0.3) is 0 Å². The van der Waals surface area contributed by atoms with Crippen LogP contribution in [0.25, 0.3) is 0 Å². The fraction of sp³-hybridized carbons (Fsp3) is 0.667. The molecular weight excluding hydrogens is 272 g/mol. The molecule has 0 unspecified atom stereocenters. The number of rotatable bonds is 3. The number of thiophene rings is 1. The summed E-state index contributed by atoms with van der Waals surface area (Å²) in [5.41, 5.74) is 0.903. The van der Waals surface area contributed by atoms with E-state index >= 15 is 0 Å². The van der Waals surface area contributed by atoms with Gasteiger partial charge in [0.2, 0.25) is 0 Å². The van der Waals surface area contributed by atoms with Crippen LogP contribution in [-0.4, -0.2) is 31.3 Å². The minimum atomic E-state index is -0.424. The largest absolute Gasteiger partial charge is 0.444 e. The lowest BCUT2D eigenvalue weighted by Crippen LogP contribution is -2.40. The third-order valence-corrected chi connectivity index (χ3v) is 4.09. The molecule has 1 aliphatic heterocycles. The van der Waals surface area contributed by atoms with Gasteiger partial charge in [0.15, 0.2) is 0 Å². The van der Waals surface area contributed by atoms with Gasteiger partial charge in [0.05, 0.1) is 0 Å². The van der Waals surface area contributed by atoms with E-state index in [1.54, 1.807) is 11.3 Å². The summed E-state index contributed by atoms with van der Waals surface area (Å²) in [6, 6.07) is 2.17. The number of piperidine rings is 1. The van der Waals surface area contributed by atoms with Crippen LogP contribution in [-0.2, 0) is 4.74 Å². The lowest BCUT2D eigenvalue weighted by Gasteiger charge is -2.33. The monoisotopic (exact) mass is 296 g/mol. The standard InChI is InChI=1S/C15H24N2O2S/c1-15(2,3)19-14(18)16-10-12-4-7-17(8-5-12)13-6-9-20-11-13/h6,9,11-12H,4-5,7-8,10H2,1-3H3,(H,16,18). The van der Waals surface area contributed by atoms with Crippen LogP contribution >= 0.6 is 11.3 Å². The Morgan fingerprint density at radius 1 is 1.45 bits per heavy atom. The van der Waals surface area contributed by atoms with Crippen molar-refractivity contribution in [3.05, 3.63) is 16.8 Å². The highest BCUT2D eigenvalue weighted by atomic mass is 32.1. The molecule has 0 radical (unpaired) electrons. The van der Waals surface area contributed by atoms with E-state index < -0.39 is 5.60 Å². The van der Waals surface area contributed by atoms with Crippen molar-refractivity contribution in [2.75, 3.05) is 24.5 Å². The Morgan fingerprint density at radius 3 is 2.70 bits per heavy atom. The molecule has 0 spiro atoms. The van der Waals surface area contributed by atoms with Crippen LogP contribution in [0.5, 0.6) is 0 Å². The van der Waals surface area contributed by atoms with Crippen molar-refractivity contribution in [3.8, 4) is 0 Å². The fourth-order valence-corrected chi connectivity index (χ4v) is 3.04. The number of hydrogen-bond acceptors (Lipinski definition) is 4. The molecule has 2 rings (SSSR count). The van der Waals surface area contributed by atoms with E-state index in [0.29, 0.717) is 12.5 Å². The van der Waals surface area contributed by atoms with Crippen molar-refractivity contribution in [1.29, 1.82) is 0 Å². The Hall–Kier alpha value is -1.23. The average Bonchev–Trinajstić information content (AvgIpc) is 2.89. The Morgan fingerprint density at radius 2 is 2.15 bits per heavy atom. The highest BCUT2D eigenvalue weighted by Crippen LogP contribution is 2.24. The molecule has 112 valence electrons. The summed E-state index contributed by atoms with van der Waals surface area (Å²) >= 11 is 1.74. The van der Waals surface area contributed by atoms with Crippen molar-refractivity contribution in [3.63, 3.8) is 0 Å². The molecule has 1 fully saturated rings. The second kappa shape index (κ2) is 6.48. The molecule has 2 heterocycles. The minimum absolute atomic E-state index is 0.308. The van der Waals surface area contributed by atoms with E-state index in [1.165, 1.54) is 5.69 Å². The molecule has 20 heavy (non-hydrogen) atoms. The zero-order valence-corrected chi connectivity index (χ0v) is 13.3. The van der Waals surface area contributed by atoms with Crippen molar-refractivity contribution in [2.24, 2.45) is 5.92 Å². The van der Waals surface area contributed by atoms with Gasteiger partial charge in [-0.25, -0.2) is 4.79 Å². The number of carbonyl (C=O) groups is 1. The number of nitrogens with zero attached hydrogens (tertiary/aromatic N) is 1. The van der Waals surface area contributed by atoms with Gasteiger partial charge in [-0.15, -0.1) is 0 Å². The van der Waals surface area contributed by atoms with E-state index in [1.807, 2.05) is 20.8 Å². The lowest BCUT2D eigenvalue weighted by atomic mass is 9.96. The SMILES string of the molecule is CC(C)(C)OC(=O)NCC1CCN(c2ccsc2)CC1. The van der Waals surface area contributed by atoms with Gasteiger partial charge in [-0.3, -0.25) is 0 Å². The number of alkyl carbamates (subject to hydrolysis) is 1. The maximum Gasteiger partial charge on any atom is 0.407 e. The van der Waals surface area contributed by atoms with Gasteiger partial charge in [0.1, 0.15) is 5.60 Å². The number of nitrogens with one attached hydrogen (secondary N) is 1. The van der Waals surface area contributed by atoms with Gasteiger partial charge in [-0.2, -0.15) is 11.3 Å². The second-order valence-corrected chi connectivity index (χ2v) is 7.07. The summed E-state index contributed by atoms with van der Waals surface area (Å²) in [4.78, 5) is 14.0. The molecule has 5 heteroatoms. The summed E-state index contributed by atoms with van der Waals surface area (Å²) in [7, 11) is 0. The summed E-state index contributed by atoms with van der Waals surface area (Å²) in [6.07, 6.45) is 1.93. The maximum atomic E-state index is 11.6. The van der Waals surface area contributed by atoms with Gasteiger partial charge >= 0.3 is 6.09 Å². The molecule has 4 nitrogen and oxygen atoms in total. The van der Waals surface area contributed by atoms with Gasteiger partial charge in [-0.05, 0) is 51.0 Å². The van der Waals surface area contributed by atoms with E-state index in [2.05, 4.69) is 27.0 Å². The maximum absolute atomic E-state index is 11.6. The zero-order valence-electron chi connectivity index (χ0n) is 12.5. The number of hydrogen-bond donors (Lipinski definition) is 1. The first-order valence-corrected chi connectivity index (χ1v) is 8.12. The third kappa shape index (κ3) is 4.71. The number of carbonyl (C=O) groups excluding carboxylic acids is 1. The molecule has 1 aromatic rings. The van der Waals surface area contributed by atoms with Gasteiger partial charge < -0.3 is 15.0 Å². The highest BCUT2D eigenvalue weighted by Gasteiger charge is 2.21. The van der Waals surface area contributed by atoms with Crippen LogP contribution in [0.3, 0.4) is 0 Å². The zero-order chi connectivity index (χ0) is 14.6. The van der Waals surface area contributed by atoms with Gasteiger partial charge in [0, 0.05) is 30.7 Å². The van der Waals surface area contributed by atoms with E-state index in [9.17, 15) is 4.79 Å². The van der Waals surface area contributed by atoms with Crippen LogP contribution in [0.15, 0.2) is 16.8 Å². The Labute approximate surface area is 125 Å². The summed E-state index contributed by atoms with van der Waals surface area (Å²) < 4.78 is 5.25. The number of amides is 1. The second-order valence-electron chi connectivity index (χ2n) is 6.29. The van der Waals surface area contributed by atoms with E-state index in [4.69, 9.17) is 4.74 Å². The molecule has 1 saturated heterocycles. The first-order chi connectivity index (χ1) is 9.44. The van der Waals surface area contributed by atoms with Crippen LogP contribution in [0, 0.1) is 5.92 Å². The topological polar surface area (TPSA) is 41.6 Å². The van der Waals surface area contributed by atoms with Crippen LogP contribution in [0.4, 0.5) is 10.5 Å². The predicted octanol–water partition coefficient (Wildman–Crippen LogP) is 3.49. The molecule has 1 aliphatic rings.